The molecule has 3 atom stereocenters. The second kappa shape index (κ2) is 9.84. The Hall–Kier alpha value is -2.41. The maximum Gasteiger partial charge on any atom is 0.226 e. The third kappa shape index (κ3) is 5.08. The van der Waals surface area contributed by atoms with Crippen LogP contribution in [0.4, 0.5) is 0 Å². The number of hydrogen-bond acceptors (Lipinski definition) is 4. The van der Waals surface area contributed by atoms with Crippen molar-refractivity contribution in [1.29, 1.82) is 0 Å². The largest absolute Gasteiger partial charge is 0.381 e. The molecule has 4 fully saturated rings. The van der Waals surface area contributed by atoms with Gasteiger partial charge in [-0.3, -0.25) is 14.4 Å². The molecule has 7 heteroatoms. The number of hydrogen-bond donors (Lipinski definition) is 1. The first-order chi connectivity index (χ1) is 16.1. The molecule has 0 radical (unpaired) electrons. The van der Waals surface area contributed by atoms with Crippen molar-refractivity contribution in [3.05, 3.63) is 35.9 Å². The zero-order valence-electron chi connectivity index (χ0n) is 19.3. The number of carbonyl (C=O) groups is 3. The highest BCUT2D eigenvalue weighted by Crippen LogP contribution is 2.53. The zero-order chi connectivity index (χ0) is 22.8. The van der Waals surface area contributed by atoms with Gasteiger partial charge in [0, 0.05) is 64.2 Å². The minimum Gasteiger partial charge on any atom is -0.381 e. The number of nitrogens with one attached hydrogen (secondary N) is 1. The number of amides is 3. The van der Waals surface area contributed by atoms with Gasteiger partial charge in [-0.15, -0.1) is 0 Å². The van der Waals surface area contributed by atoms with Crippen molar-refractivity contribution in [3.8, 4) is 0 Å². The average Bonchev–Trinajstić information content (AvgIpc) is 3.20. The number of likely N-dealkylation sites (tertiary alicyclic amines) is 2. The summed E-state index contributed by atoms with van der Waals surface area (Å²) < 4.78 is 5.40. The minimum absolute atomic E-state index is 0.0187. The number of rotatable bonds is 7. The van der Waals surface area contributed by atoms with E-state index < -0.39 is 0 Å². The predicted octanol–water partition coefficient (Wildman–Crippen LogP) is 2.06. The van der Waals surface area contributed by atoms with Crippen LogP contribution in [0.1, 0.15) is 37.7 Å². The van der Waals surface area contributed by atoms with E-state index in [4.69, 9.17) is 4.74 Å². The van der Waals surface area contributed by atoms with Gasteiger partial charge in [-0.05, 0) is 49.0 Å². The number of benzene rings is 1. The van der Waals surface area contributed by atoms with Crippen LogP contribution >= 0.6 is 0 Å². The topological polar surface area (TPSA) is 79.0 Å². The highest BCUT2D eigenvalue weighted by Gasteiger charge is 2.61. The number of ether oxygens (including phenoxy) is 1. The van der Waals surface area contributed by atoms with E-state index in [2.05, 4.69) is 5.32 Å². The molecule has 3 aliphatic heterocycles. The molecular formula is C26H35N3O4. The predicted molar refractivity (Wildman–Crippen MR) is 123 cm³/mol. The van der Waals surface area contributed by atoms with Crippen molar-refractivity contribution < 1.29 is 19.1 Å². The lowest BCUT2D eigenvalue weighted by atomic mass is 9.95. The van der Waals surface area contributed by atoms with Crippen LogP contribution in [0, 0.1) is 29.6 Å². The summed E-state index contributed by atoms with van der Waals surface area (Å²) in [5, 5.41) is 3.04. The zero-order valence-corrected chi connectivity index (χ0v) is 19.3. The van der Waals surface area contributed by atoms with Gasteiger partial charge in [0.25, 0.3) is 0 Å². The van der Waals surface area contributed by atoms with Gasteiger partial charge >= 0.3 is 0 Å². The van der Waals surface area contributed by atoms with Crippen LogP contribution in [0.5, 0.6) is 0 Å². The molecule has 1 aromatic rings. The molecule has 0 spiro atoms. The van der Waals surface area contributed by atoms with Gasteiger partial charge in [0.05, 0.1) is 0 Å². The van der Waals surface area contributed by atoms with Crippen LogP contribution < -0.4 is 5.32 Å². The summed E-state index contributed by atoms with van der Waals surface area (Å²) in [6, 6.07) is 9.93. The normalized spacial score (nSPS) is 29.1. The summed E-state index contributed by atoms with van der Waals surface area (Å²) in [5.41, 5.74) is 1.10. The fourth-order valence-electron chi connectivity index (χ4n) is 5.90. The Kier molecular flexibility index (Phi) is 6.67. The molecule has 1 saturated carbocycles. The minimum atomic E-state index is -0.0187. The molecule has 4 aliphatic rings. The number of piperidine rings is 2. The summed E-state index contributed by atoms with van der Waals surface area (Å²) in [7, 11) is 0. The van der Waals surface area contributed by atoms with E-state index in [-0.39, 0.29) is 29.6 Å². The highest BCUT2D eigenvalue weighted by molar-refractivity contribution is 5.85. The molecule has 7 nitrogen and oxygen atoms in total. The lowest BCUT2D eigenvalue weighted by Gasteiger charge is -2.32. The molecule has 1 aromatic carbocycles. The third-order valence-electron chi connectivity index (χ3n) is 8.11. The van der Waals surface area contributed by atoms with Crippen LogP contribution in [-0.4, -0.2) is 66.9 Å². The van der Waals surface area contributed by atoms with Crippen LogP contribution in [0.3, 0.4) is 0 Å². The van der Waals surface area contributed by atoms with Crippen molar-refractivity contribution in [3.63, 3.8) is 0 Å². The Bertz CT molecular complexity index is 850. The molecule has 1 unspecified atom stereocenters. The van der Waals surface area contributed by atoms with Crippen LogP contribution in [0.25, 0.3) is 0 Å². The Morgan fingerprint density at radius 2 is 1.70 bits per heavy atom. The number of fused-ring (bicyclic) bond motifs is 1. The van der Waals surface area contributed by atoms with Gasteiger partial charge in [-0.1, -0.05) is 30.3 Å². The molecule has 5 rings (SSSR count). The van der Waals surface area contributed by atoms with Gasteiger partial charge < -0.3 is 19.9 Å². The first-order valence-corrected chi connectivity index (χ1v) is 12.6. The maximum atomic E-state index is 13.0. The molecular weight excluding hydrogens is 418 g/mol. The molecule has 0 aromatic heterocycles. The summed E-state index contributed by atoms with van der Waals surface area (Å²) >= 11 is 0. The van der Waals surface area contributed by atoms with Gasteiger partial charge in [-0.2, -0.15) is 0 Å². The van der Waals surface area contributed by atoms with Crippen molar-refractivity contribution in [1.82, 2.24) is 15.1 Å². The Labute approximate surface area is 195 Å². The molecule has 1 aliphatic carbocycles. The summed E-state index contributed by atoms with van der Waals surface area (Å²) in [6.45, 7) is 4.95. The standard InChI is InChI=1S/C26H35N3O4/c30-23(7-6-19-10-13-33-17-19)29-15-21-22(16-29)24(21)26(32)28-11-8-20(9-12-28)25(31)27-14-18-4-2-1-3-5-18/h1-5,19-22,24H,6-17H2,(H,27,31)/t19?,21-,22-/m1/s1. The molecule has 3 heterocycles. The average molecular weight is 454 g/mol. The molecule has 3 saturated heterocycles. The molecule has 33 heavy (non-hydrogen) atoms. The molecule has 0 bridgehead atoms. The van der Waals surface area contributed by atoms with Gasteiger partial charge in [0.1, 0.15) is 0 Å². The molecule has 3 amide bonds. The smallest absolute Gasteiger partial charge is 0.226 e. The monoisotopic (exact) mass is 453 g/mol. The Balaban J connectivity index is 1.01. The molecule has 1 N–H and O–H groups in total. The summed E-state index contributed by atoms with van der Waals surface area (Å²) in [6.07, 6.45) is 4.04. The van der Waals surface area contributed by atoms with E-state index in [1.54, 1.807) is 0 Å². The summed E-state index contributed by atoms with van der Waals surface area (Å²) in [4.78, 5) is 42.0. The van der Waals surface area contributed by atoms with Crippen LogP contribution in [0.15, 0.2) is 30.3 Å². The van der Waals surface area contributed by atoms with E-state index in [9.17, 15) is 14.4 Å². The fourth-order valence-corrected chi connectivity index (χ4v) is 5.90. The Morgan fingerprint density at radius 3 is 2.36 bits per heavy atom. The summed E-state index contributed by atoms with van der Waals surface area (Å²) in [5.74, 6) is 1.84. The SMILES string of the molecule is O=C(NCc1ccccc1)C1CCN(C(=O)C2[C@@H]3CN(C(=O)CCC4CCOC4)C[C@@H]23)CC1. The highest BCUT2D eigenvalue weighted by atomic mass is 16.5. The van der Waals surface area contributed by atoms with Gasteiger partial charge in [0.2, 0.25) is 17.7 Å². The number of carbonyl (C=O) groups excluding carboxylic acids is 3. The van der Waals surface area contributed by atoms with Crippen molar-refractivity contribution in [2.75, 3.05) is 39.4 Å². The lowest BCUT2D eigenvalue weighted by molar-refractivity contribution is -0.138. The first kappa shape index (κ1) is 22.4. The van der Waals surface area contributed by atoms with Gasteiger partial charge in [-0.25, -0.2) is 0 Å². The Morgan fingerprint density at radius 1 is 0.970 bits per heavy atom. The van der Waals surface area contributed by atoms with Crippen molar-refractivity contribution >= 4 is 17.7 Å². The second-order valence-electron chi connectivity index (χ2n) is 10.2. The van der Waals surface area contributed by atoms with E-state index >= 15 is 0 Å². The van der Waals surface area contributed by atoms with Crippen LogP contribution in [0.2, 0.25) is 0 Å². The van der Waals surface area contributed by atoms with E-state index in [0.717, 1.165) is 57.6 Å². The second-order valence-corrected chi connectivity index (χ2v) is 10.2. The van der Waals surface area contributed by atoms with E-state index in [0.29, 0.717) is 43.8 Å². The fraction of sp³-hybridized carbons (Fsp3) is 0.654. The van der Waals surface area contributed by atoms with Gasteiger partial charge in [0.15, 0.2) is 0 Å². The maximum absolute atomic E-state index is 13.0. The van der Waals surface area contributed by atoms with Crippen molar-refractivity contribution in [2.45, 2.75) is 38.6 Å². The number of nitrogens with zero attached hydrogens (tertiary/aromatic N) is 2. The van der Waals surface area contributed by atoms with Crippen LogP contribution in [-0.2, 0) is 25.7 Å². The lowest BCUT2D eigenvalue weighted by Crippen LogP contribution is -2.44. The van der Waals surface area contributed by atoms with Crippen molar-refractivity contribution in [2.24, 2.45) is 29.6 Å². The van der Waals surface area contributed by atoms with E-state index in [1.807, 2.05) is 40.1 Å². The third-order valence-corrected chi connectivity index (χ3v) is 8.11. The first-order valence-electron chi connectivity index (χ1n) is 12.6. The quantitative estimate of drug-likeness (QED) is 0.686. The van der Waals surface area contributed by atoms with E-state index in [1.165, 1.54) is 0 Å². The molecule has 178 valence electrons.